The molecule has 3 aliphatic rings. The van der Waals surface area contributed by atoms with Crippen LogP contribution in [0.1, 0.15) is 48.5 Å². The standard InChI is InChI=1S/C43H45N5O7/c49-37-15-12-32(33-13-16-40(51)45-41(33)37)38(50)25-44-24-28-10-14-34-39(23-28)55-43(54)47(34)19-5-4-6-27-9-11-31(29-7-2-1-3-8-29)35(22-27)48(42(52)53)36-26-46-20-17-30(36)18-21-46/h1-3,7-16,22-23,30,36,38,44,49-50H,4-6,17-21,24-26H2,(H,45,51)(H,52,53)/t36?,38-/m0/s1. The number of aromatic hydroxyl groups is 1. The Morgan fingerprint density at radius 1 is 0.945 bits per heavy atom. The number of benzene rings is 4. The molecule has 0 spiro atoms. The number of aliphatic hydroxyl groups excluding tert-OH is 1. The first-order valence-corrected chi connectivity index (χ1v) is 19.0. The van der Waals surface area contributed by atoms with Crippen molar-refractivity contribution in [2.24, 2.45) is 5.92 Å². The number of nitrogens with one attached hydrogen (secondary N) is 2. The van der Waals surface area contributed by atoms with Crippen LogP contribution in [0.4, 0.5) is 10.5 Å². The Balaban J connectivity index is 0.914. The zero-order valence-electron chi connectivity index (χ0n) is 30.5. The van der Waals surface area contributed by atoms with Crippen LogP contribution in [-0.2, 0) is 19.5 Å². The minimum Gasteiger partial charge on any atom is -0.506 e. The van der Waals surface area contributed by atoms with Crippen molar-refractivity contribution in [3.8, 4) is 16.9 Å². The van der Waals surface area contributed by atoms with Crippen molar-refractivity contribution in [1.29, 1.82) is 0 Å². The van der Waals surface area contributed by atoms with Gasteiger partial charge in [0, 0.05) is 43.2 Å². The van der Waals surface area contributed by atoms with E-state index in [9.17, 15) is 29.7 Å². The van der Waals surface area contributed by atoms with Crippen LogP contribution in [0.25, 0.3) is 33.1 Å². The monoisotopic (exact) mass is 743 g/mol. The summed E-state index contributed by atoms with van der Waals surface area (Å²) >= 11 is 0. The number of pyridine rings is 1. The lowest BCUT2D eigenvalue weighted by molar-refractivity contribution is 0.0837. The molecule has 1 amide bonds. The lowest BCUT2D eigenvalue weighted by Crippen LogP contribution is -2.59. The number of anilines is 1. The Bertz CT molecular complexity index is 2450. The molecular formula is C43H45N5O7. The number of H-pyrrole nitrogens is 1. The third-order valence-electron chi connectivity index (χ3n) is 11.3. The third kappa shape index (κ3) is 7.53. The largest absolute Gasteiger partial charge is 0.506 e. The molecule has 3 aliphatic heterocycles. The number of amides is 1. The van der Waals surface area contributed by atoms with Crippen LogP contribution in [0.5, 0.6) is 5.75 Å². The lowest BCUT2D eigenvalue weighted by atomic mass is 9.82. The van der Waals surface area contributed by atoms with E-state index in [2.05, 4.69) is 33.4 Å². The number of carbonyl (C=O) groups is 1. The Kier molecular flexibility index (Phi) is 10.3. The van der Waals surface area contributed by atoms with Crippen molar-refractivity contribution < 1.29 is 24.5 Å². The second kappa shape index (κ2) is 15.6. The quantitative estimate of drug-likeness (QED) is 0.0863. The zero-order valence-corrected chi connectivity index (χ0v) is 30.5. The van der Waals surface area contributed by atoms with Gasteiger partial charge in [-0.1, -0.05) is 54.6 Å². The fourth-order valence-corrected chi connectivity index (χ4v) is 8.49. The van der Waals surface area contributed by atoms with Gasteiger partial charge in [-0.05, 0) is 104 Å². The lowest BCUT2D eigenvalue weighted by Gasteiger charge is -2.48. The van der Waals surface area contributed by atoms with Gasteiger partial charge in [-0.2, -0.15) is 0 Å². The summed E-state index contributed by atoms with van der Waals surface area (Å²) < 4.78 is 7.28. The molecule has 2 aromatic heterocycles. The third-order valence-corrected chi connectivity index (χ3v) is 11.3. The van der Waals surface area contributed by atoms with Gasteiger partial charge < -0.3 is 34.9 Å². The maximum absolute atomic E-state index is 12.9. The Morgan fingerprint density at radius 3 is 2.51 bits per heavy atom. The SMILES string of the molecule is O=C(O)N(c1cc(CCCCn2c(=O)oc3cc(CNC[C@H](O)c4ccc(O)c5[nH]c(=O)ccc45)ccc32)ccc1-c1ccccc1)C1CN2CCC1CC2. The number of fused-ring (bicyclic) bond motifs is 5. The molecule has 2 bridgehead atoms. The highest BCUT2D eigenvalue weighted by Crippen LogP contribution is 2.39. The zero-order chi connectivity index (χ0) is 38.1. The van der Waals surface area contributed by atoms with E-state index in [1.54, 1.807) is 21.6 Å². The molecule has 4 aromatic carbocycles. The number of unbranched alkanes of at least 4 members (excludes halogenated alkanes) is 1. The number of aromatic amines is 1. The van der Waals surface area contributed by atoms with E-state index < -0.39 is 18.0 Å². The highest BCUT2D eigenvalue weighted by molar-refractivity contribution is 5.94. The van der Waals surface area contributed by atoms with Crippen molar-refractivity contribution in [3.63, 3.8) is 0 Å². The number of hydrogen-bond acceptors (Lipinski definition) is 8. The van der Waals surface area contributed by atoms with Crippen molar-refractivity contribution in [2.45, 2.75) is 57.3 Å². The number of hydrogen-bond donors (Lipinski definition) is 5. The summed E-state index contributed by atoms with van der Waals surface area (Å²) in [6.07, 6.45) is 2.49. The van der Waals surface area contributed by atoms with Crippen LogP contribution in [0.2, 0.25) is 0 Å². The molecule has 12 nitrogen and oxygen atoms in total. The average Bonchev–Trinajstić information content (AvgIpc) is 3.51. The number of aryl methyl sites for hydroxylation is 2. The van der Waals surface area contributed by atoms with E-state index in [4.69, 9.17) is 4.42 Å². The topological polar surface area (TPSA) is 164 Å². The molecule has 5 N–H and O–H groups in total. The molecule has 0 saturated carbocycles. The predicted octanol–water partition coefficient (Wildman–Crippen LogP) is 6.23. The summed E-state index contributed by atoms with van der Waals surface area (Å²) in [5.74, 6) is -0.133. The predicted molar refractivity (Wildman–Crippen MR) is 212 cm³/mol. The van der Waals surface area contributed by atoms with Gasteiger partial charge in [0.25, 0.3) is 0 Å². The number of oxazole rings is 1. The minimum atomic E-state index is -0.918. The van der Waals surface area contributed by atoms with E-state index in [1.165, 1.54) is 12.1 Å². The summed E-state index contributed by atoms with van der Waals surface area (Å²) in [7, 11) is 0. The van der Waals surface area contributed by atoms with Crippen molar-refractivity contribution in [3.05, 3.63) is 129 Å². The van der Waals surface area contributed by atoms with Gasteiger partial charge in [0.2, 0.25) is 5.56 Å². The fourth-order valence-electron chi connectivity index (χ4n) is 8.49. The normalized spacial score (nSPS) is 18.5. The maximum atomic E-state index is 12.9. The van der Waals surface area contributed by atoms with Gasteiger partial charge in [0.15, 0.2) is 5.58 Å². The molecule has 55 heavy (non-hydrogen) atoms. The molecule has 12 heteroatoms. The average molecular weight is 744 g/mol. The highest BCUT2D eigenvalue weighted by atomic mass is 16.4. The summed E-state index contributed by atoms with van der Waals surface area (Å²) in [5.41, 5.74) is 6.28. The second-order valence-corrected chi connectivity index (χ2v) is 14.8. The molecule has 2 atom stereocenters. The summed E-state index contributed by atoms with van der Waals surface area (Å²) in [5, 5.41) is 35.5. The van der Waals surface area contributed by atoms with Crippen LogP contribution in [0, 0.1) is 5.92 Å². The van der Waals surface area contributed by atoms with Gasteiger partial charge >= 0.3 is 11.8 Å². The molecule has 3 saturated heterocycles. The van der Waals surface area contributed by atoms with Crippen LogP contribution in [-0.4, -0.2) is 68.1 Å². The molecule has 6 aromatic rings. The van der Waals surface area contributed by atoms with E-state index >= 15 is 0 Å². The van der Waals surface area contributed by atoms with Crippen LogP contribution in [0.15, 0.2) is 105 Å². The number of phenolic OH excluding ortho intramolecular Hbond substituents is 1. The summed E-state index contributed by atoms with van der Waals surface area (Å²) in [6.45, 7) is 3.94. The highest BCUT2D eigenvalue weighted by Gasteiger charge is 2.41. The molecule has 5 heterocycles. The summed E-state index contributed by atoms with van der Waals surface area (Å²) in [4.78, 5) is 44.3. The number of aliphatic hydroxyl groups is 1. The first-order valence-electron chi connectivity index (χ1n) is 19.0. The number of rotatable bonds is 13. The Hall–Kier alpha value is -5.69. The van der Waals surface area contributed by atoms with Crippen LogP contribution >= 0.6 is 0 Å². The smallest absolute Gasteiger partial charge is 0.419 e. The van der Waals surface area contributed by atoms with Crippen LogP contribution < -0.4 is 21.5 Å². The molecule has 0 aliphatic carbocycles. The van der Waals surface area contributed by atoms with Crippen molar-refractivity contribution >= 4 is 33.8 Å². The van der Waals surface area contributed by atoms with E-state index in [0.29, 0.717) is 41.1 Å². The van der Waals surface area contributed by atoms with Gasteiger partial charge in [-0.25, -0.2) is 9.59 Å². The second-order valence-electron chi connectivity index (χ2n) is 14.8. The fraction of sp³-hybridized carbons (Fsp3) is 0.326. The number of aromatic nitrogens is 2. The van der Waals surface area contributed by atoms with Crippen molar-refractivity contribution in [1.82, 2.24) is 19.8 Å². The van der Waals surface area contributed by atoms with E-state index in [1.807, 2.05) is 48.5 Å². The van der Waals surface area contributed by atoms with Crippen LogP contribution in [0.3, 0.4) is 0 Å². The number of carboxylic acid groups (broad SMARTS) is 1. The Morgan fingerprint density at radius 2 is 1.75 bits per heavy atom. The molecular weight excluding hydrogens is 699 g/mol. The first kappa shape index (κ1) is 36.3. The molecule has 0 radical (unpaired) electrons. The number of piperidine rings is 3. The van der Waals surface area contributed by atoms with Gasteiger partial charge in [0.05, 0.1) is 28.9 Å². The van der Waals surface area contributed by atoms with Gasteiger partial charge in [0.1, 0.15) is 5.75 Å². The molecule has 284 valence electrons. The number of phenols is 1. The molecule has 3 fully saturated rings. The minimum absolute atomic E-state index is 0.0650. The summed E-state index contributed by atoms with van der Waals surface area (Å²) in [6, 6.07) is 27.7. The number of nitrogens with zero attached hydrogens (tertiary/aromatic N) is 3. The van der Waals surface area contributed by atoms with Gasteiger partial charge in [-0.3, -0.25) is 14.3 Å². The van der Waals surface area contributed by atoms with E-state index in [0.717, 1.165) is 79.7 Å². The van der Waals surface area contributed by atoms with E-state index in [-0.39, 0.29) is 29.4 Å². The van der Waals surface area contributed by atoms with Gasteiger partial charge in [-0.15, -0.1) is 0 Å². The Labute approximate surface area is 317 Å². The maximum Gasteiger partial charge on any atom is 0.419 e. The molecule has 1 unspecified atom stereocenters. The molecule has 9 rings (SSSR count). The first-order chi connectivity index (χ1) is 26.7. The van der Waals surface area contributed by atoms with Crippen molar-refractivity contribution in [2.75, 3.05) is 31.1 Å².